The van der Waals surface area contributed by atoms with Gasteiger partial charge in [-0.05, 0) is 83.5 Å². The van der Waals surface area contributed by atoms with Crippen LogP contribution in [-0.4, -0.2) is 37.2 Å². The highest BCUT2D eigenvalue weighted by molar-refractivity contribution is 5.71. The van der Waals surface area contributed by atoms with Crippen molar-refractivity contribution in [2.75, 3.05) is 13.2 Å². The molecule has 0 heterocycles. The zero-order valence-corrected chi connectivity index (χ0v) is 49.1. The lowest BCUT2D eigenvalue weighted by molar-refractivity contribution is -0.167. The summed E-state index contributed by atoms with van der Waals surface area (Å²) in [7, 11) is 0. The predicted octanol–water partition coefficient (Wildman–Crippen LogP) is 21.7. The standard InChI is InChI=1S/C68H120O6/c1-4-7-10-13-16-19-22-25-27-29-30-31-32-33-34-35-36-37-38-40-41-43-46-49-52-55-58-61-67(70)73-64-65(63-72-66(69)60-57-54-51-48-45-24-21-18-15-12-9-6-3)74-68(71)62-59-56-53-50-47-44-42-39-28-26-23-20-17-14-11-8-5-2/h8,11,17,20,26,28-30,42,44,50,53,65H,4-7,9-10,12-16,18-19,21-25,27,31-41,43,45-49,51-52,54-64H2,1-3H3/b11-8-,20-17-,28-26-,30-29-,44-42-,53-50-. The molecule has 0 saturated carbocycles. The van der Waals surface area contributed by atoms with Crippen LogP contribution < -0.4 is 0 Å². The fourth-order valence-electron chi connectivity index (χ4n) is 9.18. The van der Waals surface area contributed by atoms with E-state index >= 15 is 0 Å². The van der Waals surface area contributed by atoms with E-state index in [9.17, 15) is 14.4 Å². The Labute approximate surface area is 459 Å². The van der Waals surface area contributed by atoms with Crippen molar-refractivity contribution in [1.82, 2.24) is 0 Å². The van der Waals surface area contributed by atoms with Gasteiger partial charge in [0, 0.05) is 19.3 Å². The van der Waals surface area contributed by atoms with Crippen molar-refractivity contribution in [3.05, 3.63) is 72.9 Å². The Balaban J connectivity index is 4.27. The number of carbonyl (C=O) groups excluding carboxylic acids is 3. The van der Waals surface area contributed by atoms with E-state index < -0.39 is 6.10 Å². The molecule has 0 fully saturated rings. The molecule has 74 heavy (non-hydrogen) atoms. The molecule has 0 aromatic rings. The maximum absolute atomic E-state index is 12.8. The first-order valence-electron chi connectivity index (χ1n) is 31.9. The summed E-state index contributed by atoms with van der Waals surface area (Å²) in [6.45, 7) is 6.51. The van der Waals surface area contributed by atoms with Crippen LogP contribution in [0.15, 0.2) is 72.9 Å². The first-order chi connectivity index (χ1) is 36.5. The maximum Gasteiger partial charge on any atom is 0.306 e. The van der Waals surface area contributed by atoms with Gasteiger partial charge in [0.1, 0.15) is 13.2 Å². The van der Waals surface area contributed by atoms with Crippen LogP contribution >= 0.6 is 0 Å². The van der Waals surface area contributed by atoms with Gasteiger partial charge in [0.2, 0.25) is 0 Å². The van der Waals surface area contributed by atoms with Gasteiger partial charge >= 0.3 is 17.9 Å². The number of hydrogen-bond donors (Lipinski definition) is 0. The lowest BCUT2D eigenvalue weighted by atomic mass is 10.0. The second-order valence-corrected chi connectivity index (χ2v) is 21.3. The number of esters is 3. The Hall–Kier alpha value is -3.15. The Morgan fingerprint density at radius 3 is 0.878 bits per heavy atom. The first-order valence-corrected chi connectivity index (χ1v) is 31.9. The minimum absolute atomic E-state index is 0.0946. The van der Waals surface area contributed by atoms with E-state index in [-0.39, 0.29) is 37.5 Å². The molecule has 0 amide bonds. The number of ether oxygens (including phenoxy) is 3. The normalized spacial score (nSPS) is 12.5. The molecule has 0 spiro atoms. The molecule has 0 aromatic heterocycles. The van der Waals surface area contributed by atoms with Crippen molar-refractivity contribution >= 4 is 17.9 Å². The molecule has 0 aromatic carbocycles. The molecule has 0 saturated heterocycles. The van der Waals surface area contributed by atoms with Crippen LogP contribution in [0.2, 0.25) is 0 Å². The SMILES string of the molecule is CC/C=C\C/C=C\C/C=C\C/C=C\C/C=C\CCCC(=O)OC(COC(=O)CCCCCCCCCCCCCC)COC(=O)CCCCCCCCCCCCCCCCC/C=C\CCCCCCCCCC. The van der Waals surface area contributed by atoms with E-state index in [1.807, 2.05) is 0 Å². The van der Waals surface area contributed by atoms with Crippen LogP contribution in [0.1, 0.15) is 323 Å². The van der Waals surface area contributed by atoms with E-state index in [1.165, 1.54) is 199 Å². The molecule has 6 nitrogen and oxygen atoms in total. The second kappa shape index (κ2) is 62.4. The molecular weight excluding hydrogens is 913 g/mol. The van der Waals surface area contributed by atoms with Gasteiger partial charge in [-0.25, -0.2) is 0 Å². The van der Waals surface area contributed by atoms with Crippen molar-refractivity contribution < 1.29 is 28.6 Å². The molecule has 0 rings (SSSR count). The van der Waals surface area contributed by atoms with Crippen LogP contribution in [0.25, 0.3) is 0 Å². The number of unbranched alkanes of at least 4 members (excludes halogenated alkanes) is 35. The summed E-state index contributed by atoms with van der Waals surface area (Å²) in [6, 6.07) is 0. The summed E-state index contributed by atoms with van der Waals surface area (Å²) in [4.78, 5) is 38.2. The number of hydrogen-bond acceptors (Lipinski definition) is 6. The third kappa shape index (κ3) is 59.7. The van der Waals surface area contributed by atoms with E-state index in [2.05, 4.69) is 93.7 Å². The number of carbonyl (C=O) groups is 3. The van der Waals surface area contributed by atoms with Crippen molar-refractivity contribution in [3.8, 4) is 0 Å². The Kier molecular flexibility index (Phi) is 59.7. The third-order valence-corrected chi connectivity index (χ3v) is 13.9. The van der Waals surface area contributed by atoms with Crippen LogP contribution in [-0.2, 0) is 28.6 Å². The second-order valence-electron chi connectivity index (χ2n) is 21.3. The van der Waals surface area contributed by atoms with Crippen molar-refractivity contribution in [3.63, 3.8) is 0 Å². The van der Waals surface area contributed by atoms with Crippen molar-refractivity contribution in [1.29, 1.82) is 0 Å². The summed E-state index contributed by atoms with van der Waals surface area (Å²) in [6.07, 6.45) is 80.7. The molecule has 6 heteroatoms. The number of allylic oxidation sites excluding steroid dienone is 12. The quantitative estimate of drug-likeness (QED) is 0.0261. The summed E-state index contributed by atoms with van der Waals surface area (Å²) in [5, 5.41) is 0. The van der Waals surface area contributed by atoms with Crippen molar-refractivity contribution in [2.24, 2.45) is 0 Å². The first kappa shape index (κ1) is 70.8. The van der Waals surface area contributed by atoms with Gasteiger partial charge in [0.15, 0.2) is 6.10 Å². The average molecular weight is 1030 g/mol. The van der Waals surface area contributed by atoms with E-state index in [0.29, 0.717) is 19.3 Å². The molecule has 1 unspecified atom stereocenters. The van der Waals surface area contributed by atoms with Gasteiger partial charge in [-0.1, -0.05) is 293 Å². The van der Waals surface area contributed by atoms with Gasteiger partial charge in [0.05, 0.1) is 0 Å². The molecule has 428 valence electrons. The van der Waals surface area contributed by atoms with E-state index in [0.717, 1.165) is 77.0 Å². The van der Waals surface area contributed by atoms with Gasteiger partial charge in [-0.15, -0.1) is 0 Å². The summed E-state index contributed by atoms with van der Waals surface area (Å²) >= 11 is 0. The molecule has 0 aliphatic heterocycles. The zero-order chi connectivity index (χ0) is 53.6. The highest BCUT2D eigenvalue weighted by atomic mass is 16.6. The fraction of sp³-hybridized carbons (Fsp3) is 0.779. The van der Waals surface area contributed by atoms with Crippen molar-refractivity contribution in [2.45, 2.75) is 329 Å². The lowest BCUT2D eigenvalue weighted by Crippen LogP contribution is -2.30. The Morgan fingerprint density at radius 2 is 0.541 bits per heavy atom. The predicted molar refractivity (Wildman–Crippen MR) is 321 cm³/mol. The fourth-order valence-corrected chi connectivity index (χ4v) is 9.18. The Bertz CT molecular complexity index is 1370. The number of rotatable bonds is 58. The van der Waals surface area contributed by atoms with Crippen LogP contribution in [0.3, 0.4) is 0 Å². The van der Waals surface area contributed by atoms with Gasteiger partial charge in [-0.3, -0.25) is 14.4 Å². The largest absolute Gasteiger partial charge is 0.462 e. The summed E-state index contributed by atoms with van der Waals surface area (Å²) < 4.78 is 16.9. The molecule has 0 radical (unpaired) electrons. The highest BCUT2D eigenvalue weighted by Gasteiger charge is 2.19. The average Bonchev–Trinajstić information content (AvgIpc) is 3.40. The molecule has 0 aliphatic rings. The van der Waals surface area contributed by atoms with Crippen LogP contribution in [0.4, 0.5) is 0 Å². The monoisotopic (exact) mass is 1030 g/mol. The zero-order valence-electron chi connectivity index (χ0n) is 49.1. The molecule has 0 bridgehead atoms. The van der Waals surface area contributed by atoms with Gasteiger partial charge < -0.3 is 14.2 Å². The smallest absolute Gasteiger partial charge is 0.306 e. The minimum atomic E-state index is -0.803. The van der Waals surface area contributed by atoms with E-state index in [1.54, 1.807) is 0 Å². The van der Waals surface area contributed by atoms with Crippen LogP contribution in [0.5, 0.6) is 0 Å². The topological polar surface area (TPSA) is 78.9 Å². The van der Waals surface area contributed by atoms with E-state index in [4.69, 9.17) is 14.2 Å². The lowest BCUT2D eigenvalue weighted by Gasteiger charge is -2.18. The third-order valence-electron chi connectivity index (χ3n) is 13.9. The minimum Gasteiger partial charge on any atom is -0.462 e. The molecule has 0 N–H and O–H groups in total. The molecule has 1 atom stereocenters. The highest BCUT2D eigenvalue weighted by Crippen LogP contribution is 2.17. The molecule has 0 aliphatic carbocycles. The summed E-state index contributed by atoms with van der Waals surface area (Å²) in [5.74, 6) is -0.940. The van der Waals surface area contributed by atoms with Crippen LogP contribution in [0, 0.1) is 0 Å². The maximum atomic E-state index is 12.8. The van der Waals surface area contributed by atoms with Gasteiger partial charge in [-0.2, -0.15) is 0 Å². The summed E-state index contributed by atoms with van der Waals surface area (Å²) in [5.41, 5.74) is 0. The Morgan fingerprint density at radius 1 is 0.284 bits per heavy atom. The van der Waals surface area contributed by atoms with Gasteiger partial charge in [0.25, 0.3) is 0 Å². The molecular formula is C68H120O6.